The zero-order valence-electron chi connectivity index (χ0n) is 11.6. The lowest BCUT2D eigenvalue weighted by Crippen LogP contribution is -2.50. The molecule has 0 aromatic heterocycles. The number of rotatable bonds is 3. The van der Waals surface area contributed by atoms with Crippen LogP contribution in [-0.2, 0) is 10.2 Å². The van der Waals surface area contributed by atoms with Gasteiger partial charge in [0.25, 0.3) is 10.2 Å². The van der Waals surface area contributed by atoms with Crippen molar-refractivity contribution in [3.05, 3.63) is 0 Å². The first kappa shape index (κ1) is 17.2. The van der Waals surface area contributed by atoms with Gasteiger partial charge in [0, 0.05) is 26.2 Å². The van der Waals surface area contributed by atoms with Crippen molar-refractivity contribution in [2.45, 2.75) is 32.6 Å². The van der Waals surface area contributed by atoms with Gasteiger partial charge in [-0.25, -0.2) is 0 Å². The number of piperidine rings is 2. The third-order valence-electron chi connectivity index (χ3n) is 4.18. The Balaban J connectivity index is 0.00000180. The van der Waals surface area contributed by atoms with Gasteiger partial charge in [-0.05, 0) is 44.1 Å². The quantitative estimate of drug-likeness (QED) is 0.847. The van der Waals surface area contributed by atoms with Crippen LogP contribution in [0.25, 0.3) is 0 Å². The van der Waals surface area contributed by atoms with E-state index >= 15 is 0 Å². The van der Waals surface area contributed by atoms with E-state index in [2.05, 4.69) is 6.92 Å². The van der Waals surface area contributed by atoms with Gasteiger partial charge >= 0.3 is 0 Å². The lowest BCUT2D eigenvalue weighted by Gasteiger charge is -2.37. The molecule has 0 bridgehead atoms. The lowest BCUT2D eigenvalue weighted by molar-refractivity contribution is 0.229. The summed E-state index contributed by atoms with van der Waals surface area (Å²) in [6, 6.07) is 0. The summed E-state index contributed by atoms with van der Waals surface area (Å²) in [6.45, 7) is 5.43. The zero-order valence-corrected chi connectivity index (χ0v) is 13.3. The Kier molecular flexibility index (Phi) is 6.53. The van der Waals surface area contributed by atoms with Crippen molar-refractivity contribution in [3.63, 3.8) is 0 Å². The normalized spacial score (nSPS) is 28.0. The van der Waals surface area contributed by atoms with Crippen molar-refractivity contribution in [1.29, 1.82) is 0 Å². The van der Waals surface area contributed by atoms with Crippen molar-refractivity contribution in [3.8, 4) is 0 Å². The second kappa shape index (κ2) is 7.22. The summed E-state index contributed by atoms with van der Waals surface area (Å²) in [5, 5.41) is 0. The third kappa shape index (κ3) is 4.04. The molecule has 0 amide bonds. The van der Waals surface area contributed by atoms with Crippen LogP contribution >= 0.6 is 12.4 Å². The summed E-state index contributed by atoms with van der Waals surface area (Å²) in [5.74, 6) is 0.979. The molecule has 2 aliphatic rings. The summed E-state index contributed by atoms with van der Waals surface area (Å²) >= 11 is 0. The van der Waals surface area contributed by atoms with Crippen LogP contribution in [-0.4, -0.2) is 49.8 Å². The Morgan fingerprint density at radius 3 is 2.26 bits per heavy atom. The average molecular weight is 312 g/mol. The van der Waals surface area contributed by atoms with E-state index in [1.54, 1.807) is 8.61 Å². The predicted molar refractivity (Wildman–Crippen MR) is 79.5 cm³/mol. The molecule has 114 valence electrons. The molecule has 0 aromatic carbocycles. The van der Waals surface area contributed by atoms with E-state index in [-0.39, 0.29) is 12.4 Å². The molecular weight excluding hydrogens is 286 g/mol. The summed E-state index contributed by atoms with van der Waals surface area (Å²) in [7, 11) is -3.22. The van der Waals surface area contributed by atoms with Gasteiger partial charge in [0.15, 0.2) is 0 Å². The van der Waals surface area contributed by atoms with E-state index in [9.17, 15) is 8.42 Å². The fourth-order valence-electron chi connectivity index (χ4n) is 2.89. The van der Waals surface area contributed by atoms with Crippen LogP contribution in [0, 0.1) is 11.8 Å². The minimum atomic E-state index is -3.22. The van der Waals surface area contributed by atoms with E-state index < -0.39 is 10.2 Å². The van der Waals surface area contributed by atoms with Gasteiger partial charge in [0.05, 0.1) is 0 Å². The van der Waals surface area contributed by atoms with Crippen LogP contribution in [0.4, 0.5) is 0 Å². The Hall–Kier alpha value is 0.120. The zero-order chi connectivity index (χ0) is 13.2. The average Bonchev–Trinajstić information content (AvgIpc) is 2.39. The standard InChI is InChI=1S/C12H25N3O2S.ClH/c1-11-3-2-6-15(10-11)18(16,17)14-7-4-12(9-13)5-8-14;/h11-12H,2-10,13H2,1H3;1H. The molecule has 2 aliphatic heterocycles. The molecule has 0 aromatic rings. The summed E-state index contributed by atoms with van der Waals surface area (Å²) in [4.78, 5) is 0. The predicted octanol–water partition coefficient (Wildman–Crippen LogP) is 1.06. The van der Waals surface area contributed by atoms with Crippen LogP contribution in [0.15, 0.2) is 0 Å². The molecule has 2 heterocycles. The molecule has 7 heteroatoms. The lowest BCUT2D eigenvalue weighted by atomic mass is 9.99. The number of nitrogens with zero attached hydrogens (tertiary/aromatic N) is 2. The fraction of sp³-hybridized carbons (Fsp3) is 1.00. The highest BCUT2D eigenvalue weighted by Gasteiger charge is 2.34. The molecule has 2 N–H and O–H groups in total. The van der Waals surface area contributed by atoms with Crippen LogP contribution < -0.4 is 5.73 Å². The monoisotopic (exact) mass is 311 g/mol. The number of nitrogens with two attached hydrogens (primary N) is 1. The number of halogens is 1. The van der Waals surface area contributed by atoms with Crippen molar-refractivity contribution >= 4 is 22.6 Å². The van der Waals surface area contributed by atoms with Gasteiger partial charge in [-0.2, -0.15) is 17.0 Å². The first-order valence-corrected chi connectivity index (χ1v) is 8.39. The van der Waals surface area contributed by atoms with Crippen LogP contribution in [0.2, 0.25) is 0 Å². The summed E-state index contributed by atoms with van der Waals surface area (Å²) in [6.07, 6.45) is 3.93. The molecule has 5 nitrogen and oxygen atoms in total. The highest BCUT2D eigenvalue weighted by Crippen LogP contribution is 2.24. The molecule has 1 unspecified atom stereocenters. The molecule has 2 saturated heterocycles. The van der Waals surface area contributed by atoms with Gasteiger partial charge in [-0.1, -0.05) is 6.92 Å². The van der Waals surface area contributed by atoms with E-state index in [1.807, 2.05) is 0 Å². The van der Waals surface area contributed by atoms with E-state index in [1.165, 1.54) is 0 Å². The van der Waals surface area contributed by atoms with Gasteiger partial charge in [0.1, 0.15) is 0 Å². The van der Waals surface area contributed by atoms with Gasteiger partial charge in [-0.3, -0.25) is 0 Å². The smallest absolute Gasteiger partial charge is 0.281 e. The van der Waals surface area contributed by atoms with Crippen molar-refractivity contribution in [1.82, 2.24) is 8.61 Å². The van der Waals surface area contributed by atoms with Crippen molar-refractivity contribution < 1.29 is 8.42 Å². The van der Waals surface area contributed by atoms with E-state index in [4.69, 9.17) is 5.73 Å². The Morgan fingerprint density at radius 1 is 1.11 bits per heavy atom. The minimum Gasteiger partial charge on any atom is -0.330 e. The molecule has 0 saturated carbocycles. The molecule has 1 atom stereocenters. The molecule has 0 spiro atoms. The van der Waals surface area contributed by atoms with Crippen molar-refractivity contribution in [2.24, 2.45) is 17.6 Å². The van der Waals surface area contributed by atoms with E-state index in [0.29, 0.717) is 44.6 Å². The largest absolute Gasteiger partial charge is 0.330 e. The minimum absolute atomic E-state index is 0. The Bertz CT molecular complexity index is 369. The molecule has 2 fully saturated rings. The van der Waals surface area contributed by atoms with E-state index in [0.717, 1.165) is 25.7 Å². The SMILES string of the molecule is CC1CCCN(S(=O)(=O)N2CCC(CN)CC2)C1.Cl. The highest BCUT2D eigenvalue weighted by molar-refractivity contribution is 7.86. The number of hydrogen-bond acceptors (Lipinski definition) is 3. The van der Waals surface area contributed by atoms with Gasteiger partial charge in [-0.15, -0.1) is 12.4 Å². The maximum atomic E-state index is 12.5. The molecule has 19 heavy (non-hydrogen) atoms. The third-order valence-corrected chi connectivity index (χ3v) is 6.18. The van der Waals surface area contributed by atoms with Gasteiger partial charge < -0.3 is 5.73 Å². The second-order valence-electron chi connectivity index (χ2n) is 5.69. The van der Waals surface area contributed by atoms with Gasteiger partial charge in [0.2, 0.25) is 0 Å². The summed E-state index contributed by atoms with van der Waals surface area (Å²) in [5.41, 5.74) is 5.64. The van der Waals surface area contributed by atoms with Crippen LogP contribution in [0.5, 0.6) is 0 Å². The molecule has 0 aliphatic carbocycles. The molecule has 2 rings (SSSR count). The molecular formula is C12H26ClN3O2S. The second-order valence-corrected chi connectivity index (χ2v) is 7.62. The Labute approximate surface area is 123 Å². The fourth-order valence-corrected chi connectivity index (χ4v) is 4.70. The maximum absolute atomic E-state index is 12.5. The Morgan fingerprint density at radius 2 is 1.74 bits per heavy atom. The summed E-state index contributed by atoms with van der Waals surface area (Å²) < 4.78 is 28.3. The highest BCUT2D eigenvalue weighted by atomic mass is 35.5. The first-order valence-electron chi connectivity index (χ1n) is 6.99. The maximum Gasteiger partial charge on any atom is 0.281 e. The molecule has 0 radical (unpaired) electrons. The topological polar surface area (TPSA) is 66.6 Å². The first-order chi connectivity index (χ1) is 8.54. The number of hydrogen-bond donors (Lipinski definition) is 1. The van der Waals surface area contributed by atoms with Crippen LogP contribution in [0.1, 0.15) is 32.6 Å². The van der Waals surface area contributed by atoms with Crippen molar-refractivity contribution in [2.75, 3.05) is 32.7 Å². The van der Waals surface area contributed by atoms with Crippen LogP contribution in [0.3, 0.4) is 0 Å².